The van der Waals surface area contributed by atoms with Crippen LogP contribution in [0.2, 0.25) is 0 Å². The first-order chi connectivity index (χ1) is 13.8. The van der Waals surface area contributed by atoms with Crippen LogP contribution in [-0.2, 0) is 10.7 Å². The smallest absolute Gasteiger partial charge is 0.363 e. The molecule has 2 aromatic heterocycles. The summed E-state index contributed by atoms with van der Waals surface area (Å²) in [6, 6.07) is 5.46. The summed E-state index contributed by atoms with van der Waals surface area (Å²) in [5, 5.41) is 4.43. The van der Waals surface area contributed by atoms with Crippen LogP contribution in [0.5, 0.6) is 0 Å². The molecule has 2 heterocycles. The summed E-state index contributed by atoms with van der Waals surface area (Å²) >= 11 is 0. The first kappa shape index (κ1) is 22.2. The third-order valence-electron chi connectivity index (χ3n) is 5.04. The lowest BCUT2D eigenvalue weighted by Gasteiger charge is -2.21. The molecule has 0 aliphatic heterocycles. The lowest BCUT2D eigenvalue weighted by atomic mass is 9.97. The molecule has 0 spiro atoms. The van der Waals surface area contributed by atoms with E-state index in [4.69, 9.17) is 0 Å². The molecule has 0 amide bonds. The van der Waals surface area contributed by atoms with Gasteiger partial charge >= 0.3 is 6.18 Å². The van der Waals surface area contributed by atoms with E-state index in [9.17, 15) is 17.7 Å². The second kappa shape index (κ2) is 7.65. The third-order valence-corrected chi connectivity index (χ3v) is 6.66. The van der Waals surface area contributed by atoms with Crippen molar-refractivity contribution in [3.05, 3.63) is 52.5 Å². The molecule has 1 atom stereocenters. The number of pyridine rings is 1. The fourth-order valence-corrected chi connectivity index (χ4v) is 4.88. The predicted molar refractivity (Wildman–Crippen MR) is 114 cm³/mol. The minimum absolute atomic E-state index is 0.168. The van der Waals surface area contributed by atoms with Crippen molar-refractivity contribution in [2.75, 3.05) is 18.6 Å². The lowest BCUT2D eigenvalue weighted by Crippen LogP contribution is -2.16. The highest BCUT2D eigenvalue weighted by atomic mass is 31.2. The van der Waals surface area contributed by atoms with Crippen LogP contribution < -0.4 is 10.6 Å². The topological polar surface area (TPSA) is 67.8 Å². The fourth-order valence-electron chi connectivity index (χ4n) is 3.61. The quantitative estimate of drug-likeness (QED) is 0.556. The molecular weight excluding hydrogens is 412 g/mol. The molecule has 0 bridgehead atoms. The molecule has 30 heavy (non-hydrogen) atoms. The number of nitrogens with one attached hydrogen (secondary N) is 1. The van der Waals surface area contributed by atoms with Crippen molar-refractivity contribution in [2.24, 2.45) is 0 Å². The summed E-state index contributed by atoms with van der Waals surface area (Å²) in [5.41, 5.74) is 1.12. The highest BCUT2D eigenvalue weighted by Crippen LogP contribution is 2.38. The molecule has 9 heteroatoms. The average Bonchev–Trinajstić information content (AvgIpc) is 2.58. The Labute approximate surface area is 173 Å². The van der Waals surface area contributed by atoms with E-state index in [1.165, 1.54) is 13.0 Å². The van der Waals surface area contributed by atoms with Crippen LogP contribution in [-0.4, -0.2) is 28.3 Å². The van der Waals surface area contributed by atoms with E-state index in [2.05, 4.69) is 20.3 Å². The monoisotopic (exact) mass is 436 g/mol. The van der Waals surface area contributed by atoms with E-state index in [1.807, 2.05) is 0 Å². The number of anilines is 1. The van der Waals surface area contributed by atoms with Gasteiger partial charge in [0.25, 0.3) is 0 Å². The molecule has 0 saturated carbocycles. The van der Waals surface area contributed by atoms with Gasteiger partial charge in [-0.25, -0.2) is 15.0 Å². The summed E-state index contributed by atoms with van der Waals surface area (Å²) in [6.45, 7) is 10.1. The zero-order valence-corrected chi connectivity index (χ0v) is 18.6. The van der Waals surface area contributed by atoms with Gasteiger partial charge in [-0.2, -0.15) is 13.2 Å². The van der Waals surface area contributed by atoms with E-state index in [-0.39, 0.29) is 5.56 Å². The van der Waals surface area contributed by atoms with E-state index >= 15 is 0 Å². The van der Waals surface area contributed by atoms with Gasteiger partial charge in [-0.15, -0.1) is 0 Å². The molecule has 1 aromatic carbocycles. The van der Waals surface area contributed by atoms with Gasteiger partial charge in [0.15, 0.2) is 5.65 Å². The number of halogens is 3. The Kier molecular flexibility index (Phi) is 5.67. The Morgan fingerprint density at radius 2 is 1.73 bits per heavy atom. The summed E-state index contributed by atoms with van der Waals surface area (Å²) in [6.07, 6.45) is -4.42. The number of rotatable bonds is 4. The van der Waals surface area contributed by atoms with E-state index in [1.54, 1.807) is 46.2 Å². The second-order valence-corrected chi connectivity index (χ2v) is 11.0. The van der Waals surface area contributed by atoms with Gasteiger partial charge < -0.3 is 9.88 Å². The van der Waals surface area contributed by atoms with Crippen LogP contribution in [0.3, 0.4) is 0 Å². The molecular formula is C21H24F3N4OP. The Bertz CT molecular complexity index is 1170. The zero-order valence-electron chi connectivity index (χ0n) is 17.7. The van der Waals surface area contributed by atoms with Crippen molar-refractivity contribution in [3.8, 4) is 0 Å². The highest BCUT2D eigenvalue weighted by Gasteiger charge is 2.33. The maximum absolute atomic E-state index is 13.3. The van der Waals surface area contributed by atoms with Crippen LogP contribution in [0, 0.1) is 20.8 Å². The minimum Gasteiger partial charge on any atom is -0.363 e. The van der Waals surface area contributed by atoms with Crippen molar-refractivity contribution >= 4 is 29.3 Å². The number of aromatic nitrogens is 3. The second-order valence-electron chi connectivity index (χ2n) is 7.82. The van der Waals surface area contributed by atoms with Crippen LogP contribution in [0.15, 0.2) is 24.3 Å². The van der Waals surface area contributed by atoms with Gasteiger partial charge in [0.1, 0.15) is 18.8 Å². The first-order valence-electron chi connectivity index (χ1n) is 9.44. The largest absolute Gasteiger partial charge is 0.416 e. The van der Waals surface area contributed by atoms with E-state index < -0.39 is 24.9 Å². The Morgan fingerprint density at radius 1 is 1.07 bits per heavy atom. The molecule has 1 unspecified atom stereocenters. The maximum atomic E-state index is 13.3. The molecule has 0 saturated heterocycles. The van der Waals surface area contributed by atoms with Crippen molar-refractivity contribution in [1.82, 2.24) is 15.0 Å². The molecule has 0 radical (unpaired) electrons. The van der Waals surface area contributed by atoms with Crippen molar-refractivity contribution in [1.29, 1.82) is 0 Å². The summed E-state index contributed by atoms with van der Waals surface area (Å²) < 4.78 is 52.6. The fraction of sp³-hybridized carbons (Fsp3) is 0.381. The van der Waals surface area contributed by atoms with Crippen molar-refractivity contribution in [3.63, 3.8) is 0 Å². The maximum Gasteiger partial charge on any atom is 0.416 e. The number of alkyl halides is 3. The number of hydrogen-bond donors (Lipinski definition) is 1. The van der Waals surface area contributed by atoms with Gasteiger partial charge in [-0.3, -0.25) is 0 Å². The van der Waals surface area contributed by atoms with Gasteiger partial charge in [0, 0.05) is 5.30 Å². The first-order valence-corrected chi connectivity index (χ1v) is 12.0. The summed E-state index contributed by atoms with van der Waals surface area (Å²) in [4.78, 5) is 13.3. The average molecular weight is 436 g/mol. The van der Waals surface area contributed by atoms with Gasteiger partial charge in [-0.05, 0) is 64.3 Å². The van der Waals surface area contributed by atoms with Crippen LogP contribution in [0.1, 0.15) is 41.2 Å². The van der Waals surface area contributed by atoms with Gasteiger partial charge in [0.05, 0.1) is 22.7 Å². The standard InChI is InChI=1S/C21H24F3N4OP/c1-11-15(8-7-9-17(11)21(22,23)24)12(2)25-19-16-10-18(30(5,6)29)13(3)26-20(16)28-14(4)27-19/h7-10,12H,1-6H3,(H,25,26,27,28). The lowest BCUT2D eigenvalue weighted by molar-refractivity contribution is -0.138. The molecule has 1 N–H and O–H groups in total. The van der Waals surface area contributed by atoms with Crippen LogP contribution in [0.25, 0.3) is 11.0 Å². The molecule has 3 aromatic rings. The Balaban J connectivity index is 2.11. The summed E-state index contributed by atoms with van der Waals surface area (Å²) in [5.74, 6) is 0.929. The molecule has 160 valence electrons. The molecule has 0 aliphatic carbocycles. The third kappa shape index (κ3) is 4.33. The van der Waals surface area contributed by atoms with Crippen LogP contribution >= 0.6 is 7.14 Å². The Hall–Kier alpha value is -2.47. The summed E-state index contributed by atoms with van der Waals surface area (Å²) in [7, 11) is -2.59. The number of nitrogens with zero attached hydrogens (tertiary/aromatic N) is 3. The SMILES string of the molecule is Cc1nc(NC(C)c2cccc(C(F)(F)F)c2C)c2cc(P(C)(C)=O)c(C)nc2n1. The van der Waals surface area contributed by atoms with Crippen LogP contribution in [0.4, 0.5) is 19.0 Å². The number of benzene rings is 1. The molecule has 3 rings (SSSR count). The highest BCUT2D eigenvalue weighted by molar-refractivity contribution is 7.70. The van der Waals surface area contributed by atoms with Gasteiger partial charge in [0.2, 0.25) is 0 Å². The van der Waals surface area contributed by atoms with Gasteiger partial charge in [-0.1, -0.05) is 12.1 Å². The number of aryl methyl sites for hydroxylation is 2. The number of hydrogen-bond acceptors (Lipinski definition) is 5. The van der Waals surface area contributed by atoms with E-state index in [0.717, 1.165) is 6.07 Å². The molecule has 0 aliphatic rings. The predicted octanol–water partition coefficient (Wildman–Crippen LogP) is 5.39. The Morgan fingerprint density at radius 3 is 2.33 bits per heavy atom. The normalized spacial score (nSPS) is 13.5. The number of fused-ring (bicyclic) bond motifs is 1. The minimum atomic E-state index is -4.42. The molecule has 0 fully saturated rings. The van der Waals surface area contributed by atoms with E-state index in [0.29, 0.717) is 39.2 Å². The molecule has 5 nitrogen and oxygen atoms in total. The zero-order chi connectivity index (χ0) is 22.4. The van der Waals surface area contributed by atoms with Crippen molar-refractivity contribution in [2.45, 2.75) is 39.9 Å². The van der Waals surface area contributed by atoms with Crippen molar-refractivity contribution < 1.29 is 17.7 Å².